The molecule has 1 fully saturated rings. The van der Waals surface area contributed by atoms with Crippen molar-refractivity contribution < 1.29 is 13.9 Å². The first-order valence-corrected chi connectivity index (χ1v) is 13.3. The van der Waals surface area contributed by atoms with Gasteiger partial charge >= 0.3 is 0 Å². The van der Waals surface area contributed by atoms with Gasteiger partial charge in [0.25, 0.3) is 0 Å². The highest BCUT2D eigenvalue weighted by Crippen LogP contribution is 2.33. The van der Waals surface area contributed by atoms with Crippen LogP contribution in [-0.2, 0) is 11.3 Å². The summed E-state index contributed by atoms with van der Waals surface area (Å²) in [4.78, 5) is 6.94. The Morgan fingerprint density at radius 2 is 1.74 bits per heavy atom. The molecule has 4 aromatic carbocycles. The highest BCUT2D eigenvalue weighted by atomic mass is 35.5. The lowest BCUT2D eigenvalue weighted by Crippen LogP contribution is -2.36. The van der Waals surface area contributed by atoms with Crippen LogP contribution in [0.15, 0.2) is 97.2 Å². The number of nitrogens with zero attached hydrogens (tertiary/aromatic N) is 2. The van der Waals surface area contributed by atoms with Crippen molar-refractivity contribution in [3.05, 3.63) is 114 Å². The van der Waals surface area contributed by atoms with E-state index in [1.54, 1.807) is 24.4 Å². The number of ether oxygens (including phenoxy) is 2. The van der Waals surface area contributed by atoms with Crippen LogP contribution in [0.5, 0.6) is 5.75 Å². The summed E-state index contributed by atoms with van der Waals surface area (Å²) in [6, 6.07) is 28.9. The second kappa shape index (κ2) is 11.3. The van der Waals surface area contributed by atoms with Gasteiger partial charge in [0.05, 0.1) is 18.2 Å². The molecule has 0 bridgehead atoms. The first kappa shape index (κ1) is 25.2. The Kier molecular flexibility index (Phi) is 7.30. The summed E-state index contributed by atoms with van der Waals surface area (Å²) in [7, 11) is 0. The molecule has 2 heterocycles. The topological polar surface area (TPSA) is 46.6 Å². The van der Waals surface area contributed by atoms with E-state index in [0.717, 1.165) is 59.7 Å². The van der Waals surface area contributed by atoms with Crippen LogP contribution in [-0.4, -0.2) is 31.3 Å². The monoisotopic (exact) mass is 539 g/mol. The van der Waals surface area contributed by atoms with Crippen molar-refractivity contribution in [1.29, 1.82) is 0 Å². The predicted octanol–water partition coefficient (Wildman–Crippen LogP) is 7.85. The maximum atomic E-state index is 13.4. The number of anilines is 3. The third kappa shape index (κ3) is 5.82. The zero-order valence-corrected chi connectivity index (χ0v) is 22.0. The number of benzene rings is 4. The number of fused-ring (bicyclic) bond motifs is 1. The molecule has 5 aromatic rings. The van der Waals surface area contributed by atoms with Gasteiger partial charge in [-0.2, -0.15) is 0 Å². The lowest BCUT2D eigenvalue weighted by Gasteiger charge is -2.29. The lowest BCUT2D eigenvalue weighted by molar-refractivity contribution is 0.122. The molecule has 39 heavy (non-hydrogen) atoms. The molecule has 5 nitrogen and oxygen atoms in total. The summed E-state index contributed by atoms with van der Waals surface area (Å²) in [5.74, 6) is 0.977. The van der Waals surface area contributed by atoms with Crippen molar-refractivity contribution in [2.24, 2.45) is 0 Å². The van der Waals surface area contributed by atoms with Crippen LogP contribution in [0.3, 0.4) is 0 Å². The third-order valence-corrected chi connectivity index (χ3v) is 7.09. The van der Waals surface area contributed by atoms with Gasteiger partial charge in [0.1, 0.15) is 24.0 Å². The molecule has 196 valence electrons. The van der Waals surface area contributed by atoms with Crippen molar-refractivity contribution in [2.75, 3.05) is 36.5 Å². The number of halogens is 2. The maximum Gasteiger partial charge on any atom is 0.138 e. The van der Waals surface area contributed by atoms with E-state index in [9.17, 15) is 4.39 Å². The van der Waals surface area contributed by atoms with E-state index in [2.05, 4.69) is 57.7 Å². The van der Waals surface area contributed by atoms with E-state index in [4.69, 9.17) is 21.1 Å². The maximum absolute atomic E-state index is 13.4. The van der Waals surface area contributed by atoms with Crippen LogP contribution < -0.4 is 15.0 Å². The molecule has 1 saturated heterocycles. The van der Waals surface area contributed by atoms with Crippen LogP contribution in [0.2, 0.25) is 5.02 Å². The van der Waals surface area contributed by atoms with Gasteiger partial charge in [-0.05, 0) is 76.7 Å². The number of rotatable bonds is 7. The molecule has 0 atom stereocenters. The van der Waals surface area contributed by atoms with E-state index < -0.39 is 0 Å². The highest BCUT2D eigenvalue weighted by Gasteiger charge is 2.13. The molecule has 1 aromatic heterocycles. The van der Waals surface area contributed by atoms with Crippen LogP contribution in [0.25, 0.3) is 21.9 Å². The Balaban J connectivity index is 1.20. The Morgan fingerprint density at radius 3 is 2.59 bits per heavy atom. The zero-order valence-electron chi connectivity index (χ0n) is 21.2. The number of nitrogens with one attached hydrogen (secondary N) is 1. The Morgan fingerprint density at radius 1 is 0.897 bits per heavy atom. The summed E-state index contributed by atoms with van der Waals surface area (Å²) in [5, 5.41) is 5.94. The minimum absolute atomic E-state index is 0.229. The van der Waals surface area contributed by atoms with Crippen LogP contribution >= 0.6 is 11.6 Å². The van der Waals surface area contributed by atoms with Gasteiger partial charge < -0.3 is 19.7 Å². The molecule has 0 amide bonds. The number of aromatic nitrogens is 1. The fraction of sp³-hybridized carbons (Fsp3) is 0.156. The van der Waals surface area contributed by atoms with E-state index >= 15 is 0 Å². The third-order valence-electron chi connectivity index (χ3n) is 6.80. The van der Waals surface area contributed by atoms with Gasteiger partial charge in [-0.1, -0.05) is 48.0 Å². The summed E-state index contributed by atoms with van der Waals surface area (Å²) in [6.45, 7) is 3.57. The average molecular weight is 540 g/mol. The smallest absolute Gasteiger partial charge is 0.138 e. The quantitative estimate of drug-likeness (QED) is 0.228. The normalized spacial score (nSPS) is 13.4. The Labute approximate surface area is 231 Å². The fourth-order valence-electron chi connectivity index (χ4n) is 4.78. The second-order valence-electron chi connectivity index (χ2n) is 9.43. The standard InChI is InChI=1S/C32H27ClFN3O2/c33-30-20-27(8-10-31(30)39-21-22-3-1-5-26(34)17-22)36-32-29-9-7-24(18-25(29)11-12-35-32)23-4-2-6-28(19-23)37-13-15-38-16-14-37/h1-12,17-20H,13-16,21H2,(H,35,36). The molecule has 0 aliphatic carbocycles. The molecular weight excluding hydrogens is 513 g/mol. The van der Waals surface area contributed by atoms with E-state index in [1.165, 1.54) is 23.4 Å². The number of hydrogen-bond donors (Lipinski definition) is 1. The highest BCUT2D eigenvalue weighted by molar-refractivity contribution is 6.32. The average Bonchev–Trinajstić information content (AvgIpc) is 2.97. The summed E-state index contributed by atoms with van der Waals surface area (Å²) < 4.78 is 24.7. The first-order chi connectivity index (χ1) is 19.1. The van der Waals surface area contributed by atoms with Gasteiger partial charge in [-0.15, -0.1) is 0 Å². The van der Waals surface area contributed by atoms with Crippen molar-refractivity contribution in [2.45, 2.75) is 6.61 Å². The number of hydrogen-bond acceptors (Lipinski definition) is 5. The number of pyridine rings is 1. The largest absolute Gasteiger partial charge is 0.487 e. The predicted molar refractivity (Wildman–Crippen MR) is 156 cm³/mol. The van der Waals surface area contributed by atoms with Crippen LogP contribution in [0, 0.1) is 5.82 Å². The summed E-state index contributed by atoms with van der Waals surface area (Å²) in [5.41, 5.74) is 5.07. The Hall–Kier alpha value is -4.13. The second-order valence-corrected chi connectivity index (χ2v) is 9.84. The molecule has 0 unspecified atom stereocenters. The van der Waals surface area contributed by atoms with Crippen LogP contribution in [0.1, 0.15) is 5.56 Å². The van der Waals surface area contributed by atoms with Crippen molar-refractivity contribution >= 4 is 39.6 Å². The summed E-state index contributed by atoms with van der Waals surface area (Å²) >= 11 is 6.50. The molecule has 1 N–H and O–H groups in total. The molecule has 7 heteroatoms. The Bertz CT molecular complexity index is 1620. The first-order valence-electron chi connectivity index (χ1n) is 12.9. The fourth-order valence-corrected chi connectivity index (χ4v) is 5.02. The van der Waals surface area contributed by atoms with E-state index in [1.807, 2.05) is 18.2 Å². The SMILES string of the molecule is Fc1cccc(COc2ccc(Nc3nccc4cc(-c5cccc(N6CCOCC6)c5)ccc34)cc2Cl)c1. The molecule has 0 saturated carbocycles. The van der Waals surface area contributed by atoms with Gasteiger partial charge in [-0.25, -0.2) is 9.37 Å². The van der Waals surface area contributed by atoms with Crippen molar-refractivity contribution in [1.82, 2.24) is 4.98 Å². The molecule has 0 radical (unpaired) electrons. The van der Waals surface area contributed by atoms with Gasteiger partial charge in [0, 0.05) is 36.0 Å². The van der Waals surface area contributed by atoms with Gasteiger partial charge in [-0.3, -0.25) is 0 Å². The van der Waals surface area contributed by atoms with Gasteiger partial charge in [0.15, 0.2) is 0 Å². The minimum Gasteiger partial charge on any atom is -0.487 e. The number of morpholine rings is 1. The molecule has 0 spiro atoms. The van der Waals surface area contributed by atoms with E-state index in [0.29, 0.717) is 10.8 Å². The molecular formula is C32H27ClFN3O2. The molecule has 1 aliphatic rings. The minimum atomic E-state index is -0.294. The summed E-state index contributed by atoms with van der Waals surface area (Å²) in [6.07, 6.45) is 1.80. The van der Waals surface area contributed by atoms with Crippen molar-refractivity contribution in [3.63, 3.8) is 0 Å². The van der Waals surface area contributed by atoms with Crippen LogP contribution in [0.4, 0.5) is 21.6 Å². The van der Waals surface area contributed by atoms with E-state index in [-0.39, 0.29) is 12.4 Å². The molecule has 6 rings (SSSR count). The lowest BCUT2D eigenvalue weighted by atomic mass is 10.0. The zero-order chi connectivity index (χ0) is 26.6. The molecule has 1 aliphatic heterocycles. The van der Waals surface area contributed by atoms with Gasteiger partial charge in [0.2, 0.25) is 0 Å². The van der Waals surface area contributed by atoms with Crippen molar-refractivity contribution in [3.8, 4) is 16.9 Å².